The van der Waals surface area contributed by atoms with Crippen LogP contribution in [0.5, 0.6) is 0 Å². The van der Waals surface area contributed by atoms with E-state index < -0.39 is 0 Å². The maximum absolute atomic E-state index is 12.6. The van der Waals surface area contributed by atoms with E-state index in [1.165, 1.54) is 30.6 Å². The first-order chi connectivity index (χ1) is 9.56. The van der Waals surface area contributed by atoms with Crippen LogP contribution >= 0.6 is 11.3 Å². The standard InChI is InChI=1S/C14H24N4OS/c1-4-9(3)18(5-2)13(19)11-12(15)17-14(20-11)16-10-7-6-8-10/h9-10H,4-8,15H2,1-3H3,(H,16,17). The molecule has 1 amide bonds. The summed E-state index contributed by atoms with van der Waals surface area (Å²) in [6.07, 6.45) is 4.56. The van der Waals surface area contributed by atoms with E-state index >= 15 is 0 Å². The van der Waals surface area contributed by atoms with E-state index in [1.54, 1.807) is 0 Å². The highest BCUT2D eigenvalue weighted by Crippen LogP contribution is 2.30. The second-order valence-corrected chi connectivity index (χ2v) is 6.35. The first-order valence-electron chi connectivity index (χ1n) is 7.40. The number of nitrogens with zero attached hydrogens (tertiary/aromatic N) is 2. The Morgan fingerprint density at radius 3 is 2.75 bits per heavy atom. The molecule has 20 heavy (non-hydrogen) atoms. The Morgan fingerprint density at radius 1 is 1.55 bits per heavy atom. The molecule has 1 aromatic heterocycles. The molecule has 0 spiro atoms. The van der Waals surface area contributed by atoms with Gasteiger partial charge < -0.3 is 16.0 Å². The zero-order valence-electron chi connectivity index (χ0n) is 12.5. The number of rotatable bonds is 6. The molecule has 0 saturated heterocycles. The van der Waals surface area contributed by atoms with Gasteiger partial charge in [0.1, 0.15) is 10.7 Å². The maximum Gasteiger partial charge on any atom is 0.268 e. The molecule has 2 rings (SSSR count). The molecule has 1 aromatic rings. The minimum atomic E-state index is -0.00138. The topological polar surface area (TPSA) is 71.2 Å². The summed E-state index contributed by atoms with van der Waals surface area (Å²) in [5.41, 5.74) is 5.92. The van der Waals surface area contributed by atoms with Crippen LogP contribution in [0.1, 0.15) is 56.1 Å². The number of nitrogens with one attached hydrogen (secondary N) is 1. The molecule has 6 heteroatoms. The van der Waals surface area contributed by atoms with Crippen LogP contribution < -0.4 is 11.1 Å². The van der Waals surface area contributed by atoms with Crippen molar-refractivity contribution in [2.45, 2.75) is 58.5 Å². The van der Waals surface area contributed by atoms with Crippen LogP contribution in [0.2, 0.25) is 0 Å². The van der Waals surface area contributed by atoms with Gasteiger partial charge in [0.15, 0.2) is 5.13 Å². The Morgan fingerprint density at radius 2 is 2.25 bits per heavy atom. The molecule has 1 fully saturated rings. The Hall–Kier alpha value is -1.30. The van der Waals surface area contributed by atoms with Crippen LogP contribution in [0, 0.1) is 0 Å². The van der Waals surface area contributed by atoms with Gasteiger partial charge >= 0.3 is 0 Å². The first kappa shape index (κ1) is 15.1. The third-order valence-corrected chi connectivity index (χ3v) is 5.00. The number of nitrogen functional groups attached to an aromatic ring is 1. The van der Waals surface area contributed by atoms with Crippen molar-refractivity contribution in [3.63, 3.8) is 0 Å². The van der Waals surface area contributed by atoms with Crippen molar-refractivity contribution in [3.8, 4) is 0 Å². The average molecular weight is 296 g/mol. The molecule has 1 heterocycles. The molecule has 1 saturated carbocycles. The highest BCUT2D eigenvalue weighted by atomic mass is 32.1. The number of amides is 1. The van der Waals surface area contributed by atoms with Crippen LogP contribution in [0.25, 0.3) is 0 Å². The molecular weight excluding hydrogens is 272 g/mol. The van der Waals surface area contributed by atoms with Crippen molar-refractivity contribution >= 4 is 28.2 Å². The van der Waals surface area contributed by atoms with E-state index in [4.69, 9.17) is 5.73 Å². The fraction of sp³-hybridized carbons (Fsp3) is 0.714. The predicted molar refractivity (Wildman–Crippen MR) is 84.3 cm³/mol. The second-order valence-electron chi connectivity index (χ2n) is 5.35. The molecule has 0 aromatic carbocycles. The Labute approximate surface area is 124 Å². The number of aromatic nitrogens is 1. The molecule has 1 unspecified atom stereocenters. The van der Waals surface area contributed by atoms with Crippen molar-refractivity contribution in [2.24, 2.45) is 0 Å². The summed E-state index contributed by atoms with van der Waals surface area (Å²) in [4.78, 5) is 19.3. The van der Waals surface area contributed by atoms with Gasteiger partial charge in [-0.3, -0.25) is 4.79 Å². The molecule has 1 atom stereocenters. The number of hydrogen-bond donors (Lipinski definition) is 2. The molecular formula is C14H24N4OS. The third-order valence-electron chi connectivity index (χ3n) is 4.00. The van der Waals surface area contributed by atoms with Gasteiger partial charge in [0, 0.05) is 18.6 Å². The lowest BCUT2D eigenvalue weighted by molar-refractivity contribution is 0.0706. The minimum Gasteiger partial charge on any atom is -0.382 e. The van der Waals surface area contributed by atoms with E-state index in [-0.39, 0.29) is 11.9 Å². The maximum atomic E-state index is 12.6. The second kappa shape index (κ2) is 6.43. The zero-order valence-corrected chi connectivity index (χ0v) is 13.3. The van der Waals surface area contributed by atoms with Gasteiger partial charge in [0.25, 0.3) is 5.91 Å². The molecule has 1 aliphatic rings. The van der Waals surface area contributed by atoms with Crippen LogP contribution in [0.15, 0.2) is 0 Å². The molecule has 5 nitrogen and oxygen atoms in total. The van der Waals surface area contributed by atoms with Gasteiger partial charge in [-0.05, 0) is 39.5 Å². The molecule has 112 valence electrons. The SMILES string of the molecule is CCC(C)N(CC)C(=O)c1sc(NC2CCC2)nc1N. The van der Waals surface area contributed by atoms with E-state index in [2.05, 4.69) is 24.1 Å². The van der Waals surface area contributed by atoms with Gasteiger partial charge in [0.2, 0.25) is 0 Å². The quantitative estimate of drug-likeness (QED) is 0.846. The fourth-order valence-electron chi connectivity index (χ4n) is 2.28. The molecule has 0 radical (unpaired) electrons. The summed E-state index contributed by atoms with van der Waals surface area (Å²) in [6, 6.07) is 0.720. The fourth-order valence-corrected chi connectivity index (χ4v) is 3.20. The molecule has 0 aliphatic heterocycles. The zero-order chi connectivity index (χ0) is 14.7. The predicted octanol–water partition coefficient (Wildman–Crippen LogP) is 2.95. The van der Waals surface area contributed by atoms with Crippen LogP contribution in [-0.4, -0.2) is 34.4 Å². The molecule has 0 bridgehead atoms. The van der Waals surface area contributed by atoms with E-state index in [0.717, 1.165) is 11.6 Å². The highest BCUT2D eigenvalue weighted by Gasteiger charge is 2.25. The summed E-state index contributed by atoms with van der Waals surface area (Å²) >= 11 is 1.38. The number of hydrogen-bond acceptors (Lipinski definition) is 5. The summed E-state index contributed by atoms with van der Waals surface area (Å²) in [5.74, 6) is 0.349. The molecule has 3 N–H and O–H groups in total. The Balaban J connectivity index is 2.12. The minimum absolute atomic E-state index is 0.00138. The third kappa shape index (κ3) is 3.06. The average Bonchev–Trinajstić information content (AvgIpc) is 2.75. The Bertz CT molecular complexity index is 470. The lowest BCUT2D eigenvalue weighted by atomic mass is 9.93. The first-order valence-corrected chi connectivity index (χ1v) is 8.22. The van der Waals surface area contributed by atoms with Gasteiger partial charge in [-0.1, -0.05) is 18.3 Å². The van der Waals surface area contributed by atoms with Crippen molar-refractivity contribution < 1.29 is 4.79 Å². The van der Waals surface area contributed by atoms with Crippen molar-refractivity contribution in [1.29, 1.82) is 0 Å². The van der Waals surface area contributed by atoms with Gasteiger partial charge in [-0.15, -0.1) is 0 Å². The lowest BCUT2D eigenvalue weighted by Crippen LogP contribution is -2.38. The Kier molecular flexibility index (Phi) is 4.86. The summed E-state index contributed by atoms with van der Waals surface area (Å²) in [5, 5.41) is 4.13. The van der Waals surface area contributed by atoms with Crippen molar-refractivity contribution in [3.05, 3.63) is 4.88 Å². The van der Waals surface area contributed by atoms with E-state index in [1.807, 2.05) is 11.8 Å². The van der Waals surface area contributed by atoms with Gasteiger partial charge in [0.05, 0.1) is 0 Å². The van der Waals surface area contributed by atoms with Gasteiger partial charge in [-0.25, -0.2) is 4.98 Å². The smallest absolute Gasteiger partial charge is 0.268 e. The van der Waals surface area contributed by atoms with Gasteiger partial charge in [-0.2, -0.15) is 0 Å². The number of nitrogens with two attached hydrogens (primary N) is 1. The van der Waals surface area contributed by atoms with Crippen LogP contribution in [0.4, 0.5) is 10.9 Å². The number of carbonyl (C=O) groups excluding carboxylic acids is 1. The lowest BCUT2D eigenvalue weighted by Gasteiger charge is -2.27. The normalized spacial score (nSPS) is 16.6. The van der Waals surface area contributed by atoms with E-state index in [0.29, 0.717) is 23.3 Å². The monoisotopic (exact) mass is 296 g/mol. The van der Waals surface area contributed by atoms with Crippen LogP contribution in [0.3, 0.4) is 0 Å². The number of thiazole rings is 1. The van der Waals surface area contributed by atoms with E-state index in [9.17, 15) is 4.79 Å². The number of carbonyl (C=O) groups is 1. The molecule has 1 aliphatic carbocycles. The summed E-state index contributed by atoms with van der Waals surface area (Å²) in [6.45, 7) is 6.83. The van der Waals surface area contributed by atoms with Crippen molar-refractivity contribution in [1.82, 2.24) is 9.88 Å². The van der Waals surface area contributed by atoms with Crippen molar-refractivity contribution in [2.75, 3.05) is 17.6 Å². The summed E-state index contributed by atoms with van der Waals surface area (Å²) in [7, 11) is 0. The largest absolute Gasteiger partial charge is 0.382 e. The number of anilines is 2. The summed E-state index contributed by atoms with van der Waals surface area (Å²) < 4.78 is 0. The van der Waals surface area contributed by atoms with Crippen LogP contribution in [-0.2, 0) is 0 Å². The highest BCUT2D eigenvalue weighted by molar-refractivity contribution is 7.18.